The van der Waals surface area contributed by atoms with Crippen LogP contribution in [0.2, 0.25) is 0 Å². The van der Waals surface area contributed by atoms with Crippen molar-refractivity contribution in [3.63, 3.8) is 0 Å². The van der Waals surface area contributed by atoms with Gasteiger partial charge < -0.3 is 0 Å². The maximum absolute atomic E-state index is 13.5. The number of halogens is 2. The van der Waals surface area contributed by atoms with Gasteiger partial charge in [0.1, 0.15) is 0 Å². The van der Waals surface area contributed by atoms with Crippen molar-refractivity contribution in [1.82, 2.24) is 0 Å². The molecule has 0 nitrogen and oxygen atoms in total. The molecule has 0 aromatic heterocycles. The molecule has 31 heavy (non-hydrogen) atoms. The molecule has 2 aromatic rings. The van der Waals surface area contributed by atoms with Gasteiger partial charge in [0.2, 0.25) is 0 Å². The molecule has 4 rings (SSSR count). The first-order valence-electron chi connectivity index (χ1n) is 12.4. The largest absolute Gasteiger partial charge is 0.204 e. The van der Waals surface area contributed by atoms with Gasteiger partial charge in [-0.05, 0) is 110 Å². The van der Waals surface area contributed by atoms with E-state index in [1.165, 1.54) is 81.9 Å². The van der Waals surface area contributed by atoms with Crippen molar-refractivity contribution < 1.29 is 8.78 Å². The minimum atomic E-state index is -0.793. The fraction of sp³-hybridized carbons (Fsp3) is 0.517. The summed E-state index contributed by atoms with van der Waals surface area (Å²) in [5.41, 5.74) is 3.07. The van der Waals surface area contributed by atoms with Gasteiger partial charge in [0.15, 0.2) is 11.6 Å². The Morgan fingerprint density at radius 1 is 0.742 bits per heavy atom. The average Bonchev–Trinajstić information content (AvgIpc) is 2.82. The van der Waals surface area contributed by atoms with Crippen molar-refractivity contribution in [1.29, 1.82) is 0 Å². The molecule has 0 unspecified atom stereocenters. The summed E-state index contributed by atoms with van der Waals surface area (Å²) in [6.07, 6.45) is 18.2. The zero-order chi connectivity index (χ0) is 21.6. The lowest BCUT2D eigenvalue weighted by Gasteiger charge is -2.37. The fourth-order valence-corrected chi connectivity index (χ4v) is 5.81. The summed E-state index contributed by atoms with van der Waals surface area (Å²) in [5.74, 6) is 1.74. The molecule has 0 N–H and O–H groups in total. The maximum Gasteiger partial charge on any atom is 0.159 e. The van der Waals surface area contributed by atoms with E-state index in [0.717, 1.165) is 28.9 Å². The van der Waals surface area contributed by atoms with Gasteiger partial charge >= 0.3 is 0 Å². The molecule has 0 atom stereocenters. The molecule has 0 amide bonds. The SMILES string of the molecule is CCC/C=C/[C@H]1CC[C@H](C2CCC(c3ccc(-c4ccc(F)c(F)c4)cc3)CC2)CC1. The third-order valence-electron chi connectivity index (χ3n) is 7.75. The van der Waals surface area contributed by atoms with Crippen molar-refractivity contribution >= 4 is 0 Å². The third kappa shape index (κ3) is 5.64. The molecule has 0 saturated heterocycles. The Hall–Kier alpha value is -1.96. The molecule has 2 aliphatic rings. The number of rotatable bonds is 6. The van der Waals surface area contributed by atoms with Crippen LogP contribution in [0.1, 0.15) is 82.6 Å². The van der Waals surface area contributed by atoms with E-state index in [0.29, 0.717) is 5.92 Å². The zero-order valence-electron chi connectivity index (χ0n) is 18.8. The summed E-state index contributed by atoms with van der Waals surface area (Å²) in [4.78, 5) is 0. The van der Waals surface area contributed by atoms with Crippen LogP contribution in [-0.2, 0) is 0 Å². The van der Waals surface area contributed by atoms with Gasteiger partial charge in [0.05, 0.1) is 0 Å². The molecule has 0 aliphatic heterocycles. The van der Waals surface area contributed by atoms with Crippen molar-refractivity contribution in [2.24, 2.45) is 17.8 Å². The van der Waals surface area contributed by atoms with Crippen LogP contribution in [0.15, 0.2) is 54.6 Å². The second-order valence-electron chi connectivity index (χ2n) is 9.75. The number of unbranched alkanes of at least 4 members (excludes halogenated alkanes) is 1. The summed E-state index contributed by atoms with van der Waals surface area (Å²) in [6, 6.07) is 12.6. The molecular weight excluding hydrogens is 386 g/mol. The molecule has 2 aromatic carbocycles. The van der Waals surface area contributed by atoms with E-state index in [2.05, 4.69) is 43.3 Å². The Kier molecular flexibility index (Phi) is 7.58. The lowest BCUT2D eigenvalue weighted by Crippen LogP contribution is -2.25. The zero-order valence-corrected chi connectivity index (χ0v) is 18.8. The van der Waals surface area contributed by atoms with Crippen LogP contribution in [0, 0.1) is 29.4 Å². The first kappa shape index (κ1) is 22.2. The molecule has 2 heteroatoms. The van der Waals surface area contributed by atoms with E-state index in [4.69, 9.17) is 0 Å². The predicted molar refractivity (Wildman–Crippen MR) is 126 cm³/mol. The quantitative estimate of drug-likeness (QED) is 0.407. The molecule has 2 fully saturated rings. The molecule has 0 spiro atoms. The summed E-state index contributed by atoms with van der Waals surface area (Å²) < 4.78 is 26.7. The Morgan fingerprint density at radius 2 is 1.35 bits per heavy atom. The highest BCUT2D eigenvalue weighted by atomic mass is 19.2. The second-order valence-corrected chi connectivity index (χ2v) is 9.75. The van der Waals surface area contributed by atoms with Gasteiger partial charge in [0, 0.05) is 0 Å². The van der Waals surface area contributed by atoms with Gasteiger partial charge in [0.25, 0.3) is 0 Å². The summed E-state index contributed by atoms with van der Waals surface area (Å²) in [7, 11) is 0. The Labute approximate surface area is 186 Å². The molecule has 0 radical (unpaired) electrons. The Balaban J connectivity index is 1.28. The van der Waals surface area contributed by atoms with Crippen LogP contribution in [-0.4, -0.2) is 0 Å². The van der Waals surface area contributed by atoms with Gasteiger partial charge in [-0.15, -0.1) is 0 Å². The summed E-state index contributed by atoms with van der Waals surface area (Å²) in [5, 5.41) is 0. The van der Waals surface area contributed by atoms with Crippen LogP contribution in [0.4, 0.5) is 8.78 Å². The van der Waals surface area contributed by atoms with E-state index in [1.807, 2.05) is 0 Å². The van der Waals surface area contributed by atoms with E-state index in [-0.39, 0.29) is 0 Å². The smallest absolute Gasteiger partial charge is 0.159 e. The highest BCUT2D eigenvalue weighted by Gasteiger charge is 2.30. The molecule has 0 bridgehead atoms. The van der Waals surface area contributed by atoms with Crippen LogP contribution in [0.25, 0.3) is 11.1 Å². The van der Waals surface area contributed by atoms with Gasteiger partial charge in [-0.25, -0.2) is 8.78 Å². The topological polar surface area (TPSA) is 0 Å². The van der Waals surface area contributed by atoms with Crippen molar-refractivity contribution in [2.75, 3.05) is 0 Å². The van der Waals surface area contributed by atoms with Crippen molar-refractivity contribution in [2.45, 2.75) is 77.0 Å². The van der Waals surface area contributed by atoms with E-state index < -0.39 is 11.6 Å². The van der Waals surface area contributed by atoms with E-state index in [9.17, 15) is 8.78 Å². The van der Waals surface area contributed by atoms with E-state index in [1.54, 1.807) is 6.07 Å². The van der Waals surface area contributed by atoms with Crippen LogP contribution >= 0.6 is 0 Å². The summed E-state index contributed by atoms with van der Waals surface area (Å²) in [6.45, 7) is 2.25. The molecule has 0 heterocycles. The standard InChI is InChI=1S/C29H36F2/c1-2-3-4-5-21-6-8-22(9-7-21)23-10-12-24(13-11-23)25-14-16-26(17-15-25)27-18-19-28(30)29(31)20-27/h4-5,14-24H,2-3,6-13H2,1H3/b5-4+/t21-,22-,23?,24?. The minimum Gasteiger partial charge on any atom is -0.204 e. The predicted octanol–water partition coefficient (Wildman–Crippen LogP) is 9.07. The van der Waals surface area contributed by atoms with Crippen LogP contribution in [0.5, 0.6) is 0 Å². The normalized spacial score (nSPS) is 26.9. The number of hydrogen-bond acceptors (Lipinski definition) is 0. The first-order chi connectivity index (χ1) is 15.1. The van der Waals surface area contributed by atoms with Crippen molar-refractivity contribution in [3.05, 3.63) is 71.8 Å². The van der Waals surface area contributed by atoms with Crippen LogP contribution in [0.3, 0.4) is 0 Å². The highest BCUT2D eigenvalue weighted by Crippen LogP contribution is 2.44. The van der Waals surface area contributed by atoms with Crippen molar-refractivity contribution in [3.8, 4) is 11.1 Å². The maximum atomic E-state index is 13.5. The number of allylic oxidation sites excluding steroid dienone is 2. The van der Waals surface area contributed by atoms with E-state index >= 15 is 0 Å². The molecule has 166 valence electrons. The fourth-order valence-electron chi connectivity index (χ4n) is 5.81. The molecule has 2 saturated carbocycles. The lowest BCUT2D eigenvalue weighted by molar-refractivity contribution is 0.171. The van der Waals surface area contributed by atoms with Crippen LogP contribution < -0.4 is 0 Å². The number of benzene rings is 2. The Morgan fingerprint density at radius 3 is 1.97 bits per heavy atom. The van der Waals surface area contributed by atoms with Gasteiger partial charge in [-0.1, -0.05) is 55.8 Å². The first-order valence-corrected chi connectivity index (χ1v) is 12.4. The monoisotopic (exact) mass is 422 g/mol. The van der Waals surface area contributed by atoms with Gasteiger partial charge in [-0.3, -0.25) is 0 Å². The molecular formula is C29H36F2. The minimum absolute atomic E-state index is 0.642. The highest BCUT2D eigenvalue weighted by molar-refractivity contribution is 5.63. The van der Waals surface area contributed by atoms with Gasteiger partial charge in [-0.2, -0.15) is 0 Å². The third-order valence-corrected chi connectivity index (χ3v) is 7.75. The average molecular weight is 423 g/mol. The number of hydrogen-bond donors (Lipinski definition) is 0. The second kappa shape index (κ2) is 10.6. The Bertz CT molecular complexity index is 851. The summed E-state index contributed by atoms with van der Waals surface area (Å²) >= 11 is 0. The molecule has 2 aliphatic carbocycles. The lowest BCUT2D eigenvalue weighted by atomic mass is 9.68.